The monoisotopic (exact) mass is 892 g/mol. The van der Waals surface area contributed by atoms with Gasteiger partial charge in [-0.2, -0.15) is 0 Å². The Morgan fingerprint density at radius 2 is 0.971 bits per heavy atom. The third-order valence-electron chi connectivity index (χ3n) is 15.3. The minimum Gasteiger partial charge on any atom is -0.264 e. The zero-order chi connectivity index (χ0) is 46.8. The van der Waals surface area contributed by atoms with Gasteiger partial charge in [-0.15, -0.1) is 0 Å². The van der Waals surface area contributed by atoms with Crippen LogP contribution in [0.3, 0.4) is 0 Å². The van der Waals surface area contributed by atoms with Crippen LogP contribution >= 0.6 is 0 Å². The molecule has 0 unspecified atom stereocenters. The number of nitrogens with zero attached hydrogens (tertiary/aromatic N) is 2. The number of aliphatic imine (C=N–C) groups is 2. The third kappa shape index (κ3) is 5.93. The first-order valence-electron chi connectivity index (χ1n) is 24.3. The zero-order valence-electron chi connectivity index (χ0n) is 39.0. The van der Waals surface area contributed by atoms with Crippen LogP contribution in [-0.4, -0.2) is 12.4 Å². The predicted molar refractivity (Wildman–Crippen MR) is 292 cm³/mol. The van der Waals surface area contributed by atoms with Crippen LogP contribution in [0.15, 0.2) is 259 Å². The number of rotatable bonds is 8. The standard InChI is InChI=1S/C68H48N2/c1-3-4-5-6-20-41-70-64(47-35-33-46(34-36-47)45-21-8-7-9-22-45)44-63(69-2)49-37-39-54-62(43-49)68(61-40-38-50-42-48-23-10-11-24-51(48)65(50)66(54)61)59-31-18-16-29-57(59)67(58-30-17-19-32-60(58)68)55-27-14-12-25-52(55)53-26-13-15-28-56(53)67/h3-41,43-44H,2,42H2,1H3/b4-3+,6-5-,41-20-,63-44-,70-64-. The van der Waals surface area contributed by atoms with Gasteiger partial charge >= 0.3 is 0 Å². The SMILES string of the molecule is C=N\C(=C/C(=N/C=C\C=C/C=C/C)c1ccc(-c2ccccc2)cc1)c1ccc2c(c1)C1(c3ccccc3C3(c4ccccc4-c4ccccc43)c3ccccc31)c1ccc3c(c1-2)-c1ccccc1C3. The van der Waals surface area contributed by atoms with Crippen LogP contribution in [0.1, 0.15) is 73.7 Å². The molecule has 330 valence electrons. The van der Waals surface area contributed by atoms with Gasteiger partial charge in [0.15, 0.2) is 0 Å². The molecule has 0 saturated heterocycles. The summed E-state index contributed by atoms with van der Waals surface area (Å²) >= 11 is 0. The van der Waals surface area contributed by atoms with E-state index in [1.807, 2.05) is 43.5 Å². The van der Waals surface area contributed by atoms with Gasteiger partial charge in [0, 0.05) is 17.3 Å². The van der Waals surface area contributed by atoms with Crippen molar-refractivity contribution in [2.45, 2.75) is 24.2 Å². The van der Waals surface area contributed by atoms with E-state index in [0.717, 1.165) is 34.5 Å². The van der Waals surface area contributed by atoms with Crippen molar-refractivity contribution in [3.63, 3.8) is 0 Å². The van der Waals surface area contributed by atoms with Crippen LogP contribution in [0.4, 0.5) is 0 Å². The normalized spacial score (nSPS) is 15.2. The zero-order valence-corrected chi connectivity index (χ0v) is 39.0. The van der Waals surface area contributed by atoms with E-state index in [0.29, 0.717) is 0 Å². The van der Waals surface area contributed by atoms with E-state index < -0.39 is 10.8 Å². The van der Waals surface area contributed by atoms with Crippen LogP contribution < -0.4 is 0 Å². The molecule has 0 radical (unpaired) electrons. The number of hydrogen-bond acceptors (Lipinski definition) is 2. The van der Waals surface area contributed by atoms with Gasteiger partial charge in [-0.25, -0.2) is 0 Å². The van der Waals surface area contributed by atoms with Crippen molar-refractivity contribution in [2.24, 2.45) is 9.98 Å². The highest BCUT2D eigenvalue weighted by atomic mass is 14.7. The Morgan fingerprint density at radius 3 is 1.61 bits per heavy atom. The van der Waals surface area contributed by atoms with Crippen molar-refractivity contribution in [1.29, 1.82) is 0 Å². The Morgan fingerprint density at radius 1 is 0.429 bits per heavy atom. The molecule has 13 rings (SSSR count). The second-order valence-electron chi connectivity index (χ2n) is 18.7. The van der Waals surface area contributed by atoms with Gasteiger partial charge in [0.1, 0.15) is 0 Å². The fourth-order valence-electron chi connectivity index (χ4n) is 12.6. The molecule has 0 heterocycles. The molecular formula is C68H48N2. The molecule has 0 amide bonds. The molecular weight excluding hydrogens is 845 g/mol. The molecule has 2 nitrogen and oxygen atoms in total. The van der Waals surface area contributed by atoms with Gasteiger partial charge < -0.3 is 0 Å². The molecule has 0 fully saturated rings. The summed E-state index contributed by atoms with van der Waals surface area (Å²) in [6.45, 7) is 6.24. The van der Waals surface area contributed by atoms with E-state index in [1.54, 1.807) is 0 Å². The molecule has 0 atom stereocenters. The fraction of sp³-hybridized carbons (Fsp3) is 0.0588. The molecule has 0 aromatic heterocycles. The summed E-state index contributed by atoms with van der Waals surface area (Å²) in [5, 5.41) is 0. The molecule has 70 heavy (non-hydrogen) atoms. The second-order valence-corrected chi connectivity index (χ2v) is 18.7. The fourth-order valence-corrected chi connectivity index (χ4v) is 12.6. The lowest BCUT2D eigenvalue weighted by Crippen LogP contribution is -2.43. The van der Waals surface area contributed by atoms with Gasteiger partial charge in [-0.1, -0.05) is 224 Å². The molecule has 0 N–H and O–H groups in total. The maximum Gasteiger partial charge on any atom is 0.0723 e. The van der Waals surface area contributed by atoms with Crippen LogP contribution in [0.2, 0.25) is 0 Å². The predicted octanol–water partition coefficient (Wildman–Crippen LogP) is 16.1. The molecule has 4 aliphatic rings. The number of benzene rings is 9. The Bertz CT molecular complexity index is 3670. The summed E-state index contributed by atoms with van der Waals surface area (Å²) in [6.07, 6.45) is 14.9. The largest absolute Gasteiger partial charge is 0.264 e. The second kappa shape index (κ2) is 16.5. The van der Waals surface area contributed by atoms with Crippen LogP contribution in [0.25, 0.3) is 50.2 Å². The lowest BCUT2D eigenvalue weighted by Gasteiger charge is -2.49. The van der Waals surface area contributed by atoms with Crippen LogP contribution in [-0.2, 0) is 17.3 Å². The number of fused-ring (bicyclic) bond motifs is 20. The summed E-state index contributed by atoms with van der Waals surface area (Å²) < 4.78 is 0. The average molecular weight is 893 g/mol. The van der Waals surface area contributed by atoms with Crippen molar-refractivity contribution in [1.82, 2.24) is 0 Å². The maximum atomic E-state index is 5.09. The topological polar surface area (TPSA) is 24.7 Å². The van der Waals surface area contributed by atoms with E-state index in [9.17, 15) is 0 Å². The first-order chi connectivity index (χ1) is 34.7. The average Bonchev–Trinajstić information content (AvgIpc) is 4.05. The van der Waals surface area contributed by atoms with Crippen molar-refractivity contribution in [3.05, 3.63) is 316 Å². The highest BCUT2D eigenvalue weighted by Crippen LogP contribution is 2.68. The van der Waals surface area contributed by atoms with Gasteiger partial charge in [-0.3, -0.25) is 9.98 Å². The van der Waals surface area contributed by atoms with Crippen LogP contribution in [0.5, 0.6) is 0 Å². The Balaban J connectivity index is 1.07. The first kappa shape index (κ1) is 41.5. The summed E-state index contributed by atoms with van der Waals surface area (Å²) in [5.41, 5.74) is 25.7. The Hall–Kier alpha value is -8.72. The summed E-state index contributed by atoms with van der Waals surface area (Å²) in [6, 6.07) is 76.9. The number of allylic oxidation sites excluding steroid dienone is 6. The summed E-state index contributed by atoms with van der Waals surface area (Å²) in [5.74, 6) is 0. The third-order valence-corrected chi connectivity index (χ3v) is 15.3. The minimum atomic E-state index is -0.670. The van der Waals surface area contributed by atoms with Gasteiger partial charge in [0.25, 0.3) is 0 Å². The van der Waals surface area contributed by atoms with Crippen molar-refractivity contribution in [3.8, 4) is 44.5 Å². The Labute approximate surface area is 410 Å². The lowest BCUT2D eigenvalue weighted by atomic mass is 9.52. The minimum absolute atomic E-state index is 0.528. The van der Waals surface area contributed by atoms with Crippen molar-refractivity contribution >= 4 is 18.1 Å². The maximum absolute atomic E-state index is 5.09. The van der Waals surface area contributed by atoms with Crippen molar-refractivity contribution < 1.29 is 0 Å². The van der Waals surface area contributed by atoms with Gasteiger partial charge in [0.05, 0.1) is 22.2 Å². The van der Waals surface area contributed by atoms with Crippen LogP contribution in [0, 0.1) is 0 Å². The molecule has 9 aromatic rings. The van der Waals surface area contributed by atoms with E-state index >= 15 is 0 Å². The highest BCUT2D eigenvalue weighted by molar-refractivity contribution is 6.13. The van der Waals surface area contributed by atoms with E-state index in [4.69, 9.17) is 9.98 Å². The molecule has 2 heteroatoms. The Kier molecular flexibility index (Phi) is 9.78. The lowest BCUT2D eigenvalue weighted by molar-refractivity contribution is 0.633. The molecule has 2 spiro atoms. The van der Waals surface area contributed by atoms with E-state index in [-0.39, 0.29) is 0 Å². The van der Waals surface area contributed by atoms with E-state index in [1.165, 1.54) is 94.6 Å². The van der Waals surface area contributed by atoms with E-state index in [2.05, 4.69) is 219 Å². The number of hydrogen-bond donors (Lipinski definition) is 0. The first-order valence-corrected chi connectivity index (χ1v) is 24.3. The summed E-state index contributed by atoms with van der Waals surface area (Å²) in [4.78, 5) is 9.92. The quantitative estimate of drug-likeness (QED) is 0.107. The molecule has 0 saturated carbocycles. The molecule has 0 aliphatic heterocycles. The highest BCUT2D eigenvalue weighted by Gasteiger charge is 2.59. The molecule has 9 aromatic carbocycles. The molecule has 0 bridgehead atoms. The molecule has 4 aliphatic carbocycles. The smallest absolute Gasteiger partial charge is 0.0723 e. The summed E-state index contributed by atoms with van der Waals surface area (Å²) in [7, 11) is 0. The van der Waals surface area contributed by atoms with Gasteiger partial charge in [-0.05, 0) is 138 Å². The van der Waals surface area contributed by atoms with Gasteiger partial charge in [0.2, 0.25) is 0 Å². The van der Waals surface area contributed by atoms with Crippen molar-refractivity contribution in [2.75, 3.05) is 0 Å².